The first-order chi connectivity index (χ1) is 13.1. The molecule has 1 amide bonds. The van der Waals surface area contributed by atoms with E-state index in [-0.39, 0.29) is 22.9 Å². The summed E-state index contributed by atoms with van der Waals surface area (Å²) in [5, 5.41) is 4.52. The van der Waals surface area contributed by atoms with Gasteiger partial charge in [0.1, 0.15) is 5.82 Å². The van der Waals surface area contributed by atoms with Gasteiger partial charge in [0.25, 0.3) is 0 Å². The number of para-hydroxylation sites is 1. The van der Waals surface area contributed by atoms with Gasteiger partial charge in [-0.1, -0.05) is 18.2 Å². The lowest BCUT2D eigenvalue weighted by Crippen LogP contribution is -2.44. The van der Waals surface area contributed by atoms with Crippen LogP contribution in [0.4, 0.5) is 0 Å². The fourth-order valence-corrected chi connectivity index (χ4v) is 4.12. The van der Waals surface area contributed by atoms with Crippen LogP contribution in [-0.2, 0) is 16.6 Å². The molecule has 2 aliphatic rings. The van der Waals surface area contributed by atoms with Gasteiger partial charge in [0.05, 0.1) is 17.7 Å². The van der Waals surface area contributed by atoms with E-state index in [9.17, 15) is 9.59 Å². The van der Waals surface area contributed by atoms with Crippen molar-refractivity contribution in [1.82, 2.24) is 19.2 Å². The standard InChI is InChI=1S/C20H26N4O3/c1-22-19(26)24(16-8-4-3-5-9-16)17(21-22)15-7-6-12-23(13-15)18(25)20(10-11-20)14-27-2/h3-5,8-9,15H,6-7,10-14H2,1-2H3/t15-/m0/s1. The highest BCUT2D eigenvalue weighted by Gasteiger charge is 2.52. The van der Waals surface area contributed by atoms with Gasteiger partial charge < -0.3 is 9.64 Å². The Morgan fingerprint density at radius 3 is 2.70 bits per heavy atom. The fourth-order valence-electron chi connectivity index (χ4n) is 4.12. The Hall–Kier alpha value is -2.41. The largest absolute Gasteiger partial charge is 0.384 e. The maximum atomic E-state index is 13.0. The normalized spacial score (nSPS) is 21.3. The van der Waals surface area contributed by atoms with Crippen molar-refractivity contribution in [3.8, 4) is 5.69 Å². The van der Waals surface area contributed by atoms with E-state index in [4.69, 9.17) is 4.74 Å². The summed E-state index contributed by atoms with van der Waals surface area (Å²) in [6, 6.07) is 9.58. The Balaban J connectivity index is 1.62. The lowest BCUT2D eigenvalue weighted by molar-refractivity contribution is -0.140. The van der Waals surface area contributed by atoms with Crippen LogP contribution in [0.1, 0.15) is 37.4 Å². The number of aromatic nitrogens is 3. The number of amides is 1. The van der Waals surface area contributed by atoms with Crippen molar-refractivity contribution in [2.75, 3.05) is 26.8 Å². The summed E-state index contributed by atoms with van der Waals surface area (Å²) in [4.78, 5) is 27.6. The third kappa shape index (κ3) is 3.20. The topological polar surface area (TPSA) is 69.4 Å². The van der Waals surface area contributed by atoms with Crippen LogP contribution in [0.2, 0.25) is 0 Å². The average Bonchev–Trinajstić information content (AvgIpc) is 3.42. The second-order valence-electron chi connectivity index (χ2n) is 7.74. The third-order valence-corrected chi connectivity index (χ3v) is 5.77. The minimum atomic E-state index is -0.320. The number of hydrogen-bond donors (Lipinski definition) is 0. The van der Waals surface area contributed by atoms with Crippen molar-refractivity contribution in [1.29, 1.82) is 0 Å². The van der Waals surface area contributed by atoms with Crippen LogP contribution in [-0.4, -0.2) is 52.0 Å². The molecule has 1 saturated carbocycles. The molecule has 7 nitrogen and oxygen atoms in total. The van der Waals surface area contributed by atoms with E-state index in [0.29, 0.717) is 13.2 Å². The highest BCUT2D eigenvalue weighted by molar-refractivity contribution is 5.85. The fraction of sp³-hybridized carbons (Fsp3) is 0.550. The lowest BCUT2D eigenvalue weighted by Gasteiger charge is -2.34. The van der Waals surface area contributed by atoms with E-state index < -0.39 is 0 Å². The number of nitrogens with zero attached hydrogens (tertiary/aromatic N) is 4. The van der Waals surface area contributed by atoms with Crippen molar-refractivity contribution >= 4 is 5.91 Å². The molecule has 1 aliphatic carbocycles. The highest BCUT2D eigenvalue weighted by atomic mass is 16.5. The maximum Gasteiger partial charge on any atom is 0.350 e. The molecule has 2 heterocycles. The molecule has 144 valence electrons. The van der Waals surface area contributed by atoms with Crippen LogP contribution in [0.5, 0.6) is 0 Å². The first-order valence-electron chi connectivity index (χ1n) is 9.55. The van der Waals surface area contributed by atoms with Crippen LogP contribution < -0.4 is 5.69 Å². The molecule has 1 atom stereocenters. The molecule has 0 radical (unpaired) electrons. The summed E-state index contributed by atoms with van der Waals surface area (Å²) >= 11 is 0. The van der Waals surface area contributed by atoms with Crippen LogP contribution >= 0.6 is 0 Å². The first-order valence-corrected chi connectivity index (χ1v) is 9.55. The van der Waals surface area contributed by atoms with Gasteiger partial charge in [-0.15, -0.1) is 0 Å². The molecule has 7 heteroatoms. The average molecular weight is 370 g/mol. The first kappa shape index (κ1) is 18.0. The van der Waals surface area contributed by atoms with Gasteiger partial charge >= 0.3 is 5.69 Å². The minimum Gasteiger partial charge on any atom is -0.384 e. The molecule has 1 saturated heterocycles. The van der Waals surface area contributed by atoms with E-state index in [1.807, 2.05) is 35.2 Å². The zero-order valence-electron chi connectivity index (χ0n) is 15.9. The Labute approximate surface area is 158 Å². The Bertz CT molecular complexity index is 882. The van der Waals surface area contributed by atoms with E-state index >= 15 is 0 Å². The van der Waals surface area contributed by atoms with Gasteiger partial charge in [0.2, 0.25) is 5.91 Å². The zero-order chi connectivity index (χ0) is 19.0. The van der Waals surface area contributed by atoms with Crippen molar-refractivity contribution < 1.29 is 9.53 Å². The zero-order valence-corrected chi connectivity index (χ0v) is 15.9. The molecule has 4 rings (SSSR count). The second kappa shape index (κ2) is 6.96. The van der Waals surface area contributed by atoms with Gasteiger partial charge in [-0.3, -0.25) is 4.79 Å². The van der Waals surface area contributed by atoms with E-state index in [0.717, 1.165) is 43.7 Å². The van der Waals surface area contributed by atoms with Gasteiger partial charge in [-0.2, -0.15) is 5.10 Å². The molecule has 2 aromatic rings. The molecule has 0 bridgehead atoms. The predicted molar refractivity (Wildman–Crippen MR) is 101 cm³/mol. The van der Waals surface area contributed by atoms with Crippen molar-refractivity contribution in [3.05, 3.63) is 46.6 Å². The quantitative estimate of drug-likeness (QED) is 0.803. The molecule has 0 spiro atoms. The number of aryl methyl sites for hydroxylation is 1. The van der Waals surface area contributed by atoms with Crippen LogP contribution in [0, 0.1) is 5.41 Å². The maximum absolute atomic E-state index is 13.0. The van der Waals surface area contributed by atoms with Crippen molar-refractivity contribution in [2.24, 2.45) is 12.5 Å². The van der Waals surface area contributed by atoms with E-state index in [1.165, 1.54) is 4.68 Å². The summed E-state index contributed by atoms with van der Waals surface area (Å²) in [5.74, 6) is 0.983. The summed E-state index contributed by atoms with van der Waals surface area (Å²) in [7, 11) is 3.33. The molecule has 0 N–H and O–H groups in total. The Morgan fingerprint density at radius 1 is 1.30 bits per heavy atom. The van der Waals surface area contributed by atoms with Crippen molar-refractivity contribution in [2.45, 2.75) is 31.6 Å². The minimum absolute atomic E-state index is 0.0511. The van der Waals surface area contributed by atoms with Gasteiger partial charge in [0.15, 0.2) is 0 Å². The van der Waals surface area contributed by atoms with Crippen LogP contribution in [0.25, 0.3) is 5.69 Å². The van der Waals surface area contributed by atoms with Gasteiger partial charge in [-0.25, -0.2) is 14.0 Å². The summed E-state index contributed by atoms with van der Waals surface area (Å²) in [6.07, 6.45) is 3.64. The number of piperidine rings is 1. The molecule has 0 unspecified atom stereocenters. The molecule has 1 aliphatic heterocycles. The number of benzene rings is 1. The van der Waals surface area contributed by atoms with E-state index in [2.05, 4.69) is 5.10 Å². The van der Waals surface area contributed by atoms with Gasteiger partial charge in [0, 0.05) is 33.2 Å². The molecule has 1 aromatic carbocycles. The Morgan fingerprint density at radius 2 is 2.04 bits per heavy atom. The smallest absolute Gasteiger partial charge is 0.350 e. The third-order valence-electron chi connectivity index (χ3n) is 5.77. The van der Waals surface area contributed by atoms with Gasteiger partial charge in [-0.05, 0) is 37.8 Å². The highest BCUT2D eigenvalue weighted by Crippen LogP contribution is 2.48. The predicted octanol–water partition coefficient (Wildman–Crippen LogP) is 1.70. The van der Waals surface area contributed by atoms with Crippen LogP contribution in [0.3, 0.4) is 0 Å². The number of hydrogen-bond acceptors (Lipinski definition) is 4. The monoisotopic (exact) mass is 370 g/mol. The van der Waals surface area contributed by atoms with Crippen molar-refractivity contribution in [3.63, 3.8) is 0 Å². The van der Waals surface area contributed by atoms with E-state index in [1.54, 1.807) is 18.7 Å². The number of rotatable bonds is 5. The molecule has 2 fully saturated rings. The number of likely N-dealkylation sites (tertiary alicyclic amines) is 1. The number of carbonyl (C=O) groups excluding carboxylic acids is 1. The summed E-state index contributed by atoms with van der Waals surface area (Å²) in [6.45, 7) is 1.86. The molecular weight excluding hydrogens is 344 g/mol. The lowest BCUT2D eigenvalue weighted by atomic mass is 9.95. The van der Waals surface area contributed by atoms with Crippen LogP contribution in [0.15, 0.2) is 35.1 Å². The number of methoxy groups -OCH3 is 1. The Kier molecular flexibility index (Phi) is 4.63. The number of ether oxygens (including phenoxy) is 1. The summed E-state index contributed by atoms with van der Waals surface area (Å²) < 4.78 is 8.35. The SMILES string of the molecule is COCC1(C(=O)N2CCC[C@H](c3nn(C)c(=O)n3-c3ccccc3)C2)CC1. The molecule has 1 aromatic heterocycles. The second-order valence-corrected chi connectivity index (χ2v) is 7.74. The molecule has 27 heavy (non-hydrogen) atoms. The number of carbonyl (C=O) groups is 1. The molecular formula is C20H26N4O3. The summed E-state index contributed by atoms with van der Waals surface area (Å²) in [5.41, 5.74) is 0.338.